The molecule has 0 aliphatic rings. The maximum Gasteiger partial charge on any atom is 0.338 e. The normalized spacial score (nSPS) is 10.0. The van der Waals surface area contributed by atoms with Crippen LogP contribution in [0.5, 0.6) is 5.75 Å². The van der Waals surface area contributed by atoms with E-state index in [9.17, 15) is 4.79 Å². The summed E-state index contributed by atoms with van der Waals surface area (Å²) in [5.74, 6) is 0.206. The molecule has 2 N–H and O–H groups in total. The van der Waals surface area contributed by atoms with Gasteiger partial charge in [-0.15, -0.1) is 0 Å². The van der Waals surface area contributed by atoms with Crippen LogP contribution in [0, 0.1) is 0 Å². The van der Waals surface area contributed by atoms with Crippen LogP contribution in [-0.4, -0.2) is 19.7 Å². The van der Waals surface area contributed by atoms with E-state index in [0.717, 1.165) is 19.3 Å². The summed E-state index contributed by atoms with van der Waals surface area (Å²) in [7, 11) is 1.53. The van der Waals surface area contributed by atoms with E-state index in [-0.39, 0.29) is 5.97 Å². The number of hydrogen-bond donors (Lipinski definition) is 1. The monoisotopic (exact) mass is 237 g/mol. The first-order valence-corrected chi connectivity index (χ1v) is 5.79. The molecule has 0 aliphatic carbocycles. The standard InChI is InChI=1S/C13H19NO3/c1-3-4-5-6-17-13(15)10-7-11(14)9-12(8-10)16-2/h7-9H,3-6,14H2,1-2H3. The van der Waals surface area contributed by atoms with Crippen LogP contribution >= 0.6 is 0 Å². The van der Waals surface area contributed by atoms with Crippen LogP contribution in [0.2, 0.25) is 0 Å². The molecular formula is C13H19NO3. The highest BCUT2D eigenvalue weighted by atomic mass is 16.5. The van der Waals surface area contributed by atoms with Gasteiger partial charge in [0.15, 0.2) is 0 Å². The quantitative estimate of drug-likeness (QED) is 0.469. The number of methoxy groups -OCH3 is 1. The molecule has 1 aromatic carbocycles. The van der Waals surface area contributed by atoms with Crippen LogP contribution in [0.3, 0.4) is 0 Å². The molecule has 0 aromatic heterocycles. The molecule has 4 heteroatoms. The number of esters is 1. The molecule has 0 fully saturated rings. The summed E-state index contributed by atoms with van der Waals surface area (Å²) in [6.45, 7) is 2.55. The lowest BCUT2D eigenvalue weighted by molar-refractivity contribution is 0.0498. The van der Waals surface area contributed by atoms with E-state index < -0.39 is 0 Å². The second kappa shape index (κ2) is 6.78. The number of benzene rings is 1. The number of nitrogen functional groups attached to an aromatic ring is 1. The van der Waals surface area contributed by atoms with Crippen molar-refractivity contribution in [2.24, 2.45) is 0 Å². The molecule has 1 aromatic rings. The van der Waals surface area contributed by atoms with Gasteiger partial charge in [0, 0.05) is 11.8 Å². The van der Waals surface area contributed by atoms with Crippen LogP contribution in [0.1, 0.15) is 36.5 Å². The Kier molecular flexibility index (Phi) is 5.33. The lowest BCUT2D eigenvalue weighted by Crippen LogP contribution is -2.07. The third kappa shape index (κ3) is 4.34. The Morgan fingerprint density at radius 2 is 2.06 bits per heavy atom. The third-order valence-electron chi connectivity index (χ3n) is 2.38. The van der Waals surface area contributed by atoms with Crippen molar-refractivity contribution in [2.75, 3.05) is 19.5 Å². The molecule has 0 aliphatic heterocycles. The highest BCUT2D eigenvalue weighted by Gasteiger charge is 2.09. The van der Waals surface area contributed by atoms with Gasteiger partial charge in [0.05, 0.1) is 19.3 Å². The number of ether oxygens (including phenoxy) is 2. The van der Waals surface area contributed by atoms with E-state index in [1.54, 1.807) is 18.2 Å². The molecular weight excluding hydrogens is 218 g/mol. The zero-order valence-corrected chi connectivity index (χ0v) is 10.4. The molecule has 0 radical (unpaired) electrons. The van der Waals surface area contributed by atoms with E-state index in [4.69, 9.17) is 15.2 Å². The van der Waals surface area contributed by atoms with Crippen molar-refractivity contribution in [1.29, 1.82) is 0 Å². The summed E-state index contributed by atoms with van der Waals surface area (Å²) in [5, 5.41) is 0. The largest absolute Gasteiger partial charge is 0.497 e. The smallest absolute Gasteiger partial charge is 0.338 e. The first-order valence-electron chi connectivity index (χ1n) is 5.79. The van der Waals surface area contributed by atoms with Gasteiger partial charge in [-0.2, -0.15) is 0 Å². The van der Waals surface area contributed by atoms with E-state index in [2.05, 4.69) is 6.92 Å². The number of carbonyl (C=O) groups excluding carboxylic acids is 1. The number of hydrogen-bond acceptors (Lipinski definition) is 4. The number of nitrogens with two attached hydrogens (primary N) is 1. The first-order chi connectivity index (χ1) is 8.17. The van der Waals surface area contributed by atoms with Crippen molar-refractivity contribution in [1.82, 2.24) is 0 Å². The van der Waals surface area contributed by atoms with Crippen molar-refractivity contribution in [3.63, 3.8) is 0 Å². The van der Waals surface area contributed by atoms with Crippen LogP contribution in [0.25, 0.3) is 0 Å². The predicted molar refractivity (Wildman–Crippen MR) is 67.2 cm³/mol. The second-order valence-electron chi connectivity index (χ2n) is 3.84. The molecule has 0 bridgehead atoms. The fourth-order valence-corrected chi connectivity index (χ4v) is 1.46. The number of unbranched alkanes of at least 4 members (excludes halogenated alkanes) is 2. The number of carbonyl (C=O) groups is 1. The highest BCUT2D eigenvalue weighted by Crippen LogP contribution is 2.19. The average molecular weight is 237 g/mol. The minimum absolute atomic E-state index is 0.355. The van der Waals surface area contributed by atoms with E-state index in [1.807, 2.05) is 0 Å². The van der Waals surface area contributed by atoms with Crippen molar-refractivity contribution in [3.05, 3.63) is 23.8 Å². The van der Waals surface area contributed by atoms with E-state index in [0.29, 0.717) is 23.6 Å². The summed E-state index contributed by atoms with van der Waals surface area (Å²) in [6, 6.07) is 4.87. The van der Waals surface area contributed by atoms with Gasteiger partial charge in [-0.25, -0.2) is 4.79 Å². The van der Waals surface area contributed by atoms with Crippen molar-refractivity contribution in [3.8, 4) is 5.75 Å². The maximum atomic E-state index is 11.7. The molecule has 94 valence electrons. The van der Waals surface area contributed by atoms with Gasteiger partial charge in [-0.1, -0.05) is 19.8 Å². The van der Waals surface area contributed by atoms with Crippen molar-refractivity contribution >= 4 is 11.7 Å². The Hall–Kier alpha value is -1.71. The molecule has 0 saturated heterocycles. The number of anilines is 1. The molecule has 0 amide bonds. The van der Waals surface area contributed by atoms with Gasteiger partial charge >= 0.3 is 5.97 Å². The molecule has 0 unspecified atom stereocenters. The van der Waals surface area contributed by atoms with Gasteiger partial charge in [-0.05, 0) is 18.6 Å². The highest BCUT2D eigenvalue weighted by molar-refractivity contribution is 5.91. The average Bonchev–Trinajstić information content (AvgIpc) is 2.33. The maximum absolute atomic E-state index is 11.7. The van der Waals surface area contributed by atoms with Crippen LogP contribution in [0.15, 0.2) is 18.2 Å². The molecule has 4 nitrogen and oxygen atoms in total. The Morgan fingerprint density at radius 1 is 1.29 bits per heavy atom. The fraction of sp³-hybridized carbons (Fsp3) is 0.462. The minimum atomic E-state index is -0.355. The van der Waals surface area contributed by atoms with Gasteiger partial charge in [-0.3, -0.25) is 0 Å². The zero-order chi connectivity index (χ0) is 12.7. The van der Waals surface area contributed by atoms with Gasteiger partial charge in [0.2, 0.25) is 0 Å². The SMILES string of the molecule is CCCCCOC(=O)c1cc(N)cc(OC)c1. The molecule has 0 spiro atoms. The molecule has 0 saturated carbocycles. The summed E-state index contributed by atoms with van der Waals surface area (Å²) in [6.07, 6.45) is 3.05. The fourth-order valence-electron chi connectivity index (χ4n) is 1.46. The molecule has 17 heavy (non-hydrogen) atoms. The Bertz CT molecular complexity index is 377. The topological polar surface area (TPSA) is 61.5 Å². The lowest BCUT2D eigenvalue weighted by Gasteiger charge is -2.07. The van der Waals surface area contributed by atoms with Gasteiger partial charge in [0.1, 0.15) is 5.75 Å². The van der Waals surface area contributed by atoms with Crippen LogP contribution in [-0.2, 0) is 4.74 Å². The van der Waals surface area contributed by atoms with E-state index >= 15 is 0 Å². The second-order valence-corrected chi connectivity index (χ2v) is 3.84. The number of rotatable bonds is 6. The third-order valence-corrected chi connectivity index (χ3v) is 2.38. The van der Waals surface area contributed by atoms with Gasteiger partial charge < -0.3 is 15.2 Å². The Morgan fingerprint density at radius 3 is 2.71 bits per heavy atom. The van der Waals surface area contributed by atoms with Crippen LogP contribution < -0.4 is 10.5 Å². The summed E-state index contributed by atoms with van der Waals surface area (Å²) >= 11 is 0. The summed E-state index contributed by atoms with van der Waals surface area (Å²) in [4.78, 5) is 11.7. The van der Waals surface area contributed by atoms with E-state index in [1.165, 1.54) is 7.11 Å². The Labute approximate surface area is 102 Å². The first kappa shape index (κ1) is 13.4. The molecule has 0 heterocycles. The Balaban J connectivity index is 2.59. The minimum Gasteiger partial charge on any atom is -0.497 e. The lowest BCUT2D eigenvalue weighted by atomic mass is 10.2. The van der Waals surface area contributed by atoms with Gasteiger partial charge in [0.25, 0.3) is 0 Å². The van der Waals surface area contributed by atoms with Crippen molar-refractivity contribution in [2.45, 2.75) is 26.2 Å². The summed E-state index contributed by atoms with van der Waals surface area (Å²) in [5.41, 5.74) is 6.58. The van der Waals surface area contributed by atoms with Crippen molar-refractivity contribution < 1.29 is 14.3 Å². The predicted octanol–water partition coefficient (Wildman–Crippen LogP) is 2.62. The molecule has 1 rings (SSSR count). The molecule has 0 atom stereocenters. The van der Waals surface area contributed by atoms with Crippen LogP contribution in [0.4, 0.5) is 5.69 Å². The zero-order valence-electron chi connectivity index (χ0n) is 10.4. The summed E-state index contributed by atoms with van der Waals surface area (Å²) < 4.78 is 10.2.